The third kappa shape index (κ3) is 5.23. The van der Waals surface area contributed by atoms with Gasteiger partial charge in [-0.15, -0.1) is 0 Å². The Morgan fingerprint density at radius 1 is 1.06 bits per heavy atom. The number of aliphatic hydroxyl groups is 1. The van der Waals surface area contributed by atoms with Crippen molar-refractivity contribution in [3.63, 3.8) is 0 Å². The normalized spacial score (nSPS) is 11.5. The maximum absolute atomic E-state index is 12.6. The molecule has 0 aliphatic rings. The first-order valence-electron chi connectivity index (χ1n) is 9.56. The highest BCUT2D eigenvalue weighted by Crippen LogP contribution is 2.29. The molecule has 162 valence electrons. The summed E-state index contributed by atoms with van der Waals surface area (Å²) in [6.07, 6.45) is 0.409. The van der Waals surface area contributed by atoms with Crippen LogP contribution in [0, 0.1) is 6.92 Å². The number of furan rings is 1. The van der Waals surface area contributed by atoms with Crippen LogP contribution < -0.4 is 20.1 Å². The van der Waals surface area contributed by atoms with Gasteiger partial charge in [0, 0.05) is 23.4 Å². The molecule has 1 heterocycles. The average Bonchev–Trinajstić information content (AvgIpc) is 3.33. The molecule has 1 unspecified atom stereocenters. The number of methoxy groups -OCH3 is 2. The summed E-state index contributed by atoms with van der Waals surface area (Å²) in [4.78, 5) is 24.9. The van der Waals surface area contributed by atoms with Crippen LogP contribution in [-0.4, -0.2) is 37.7 Å². The summed E-state index contributed by atoms with van der Waals surface area (Å²) in [6.45, 7) is 1.78. The number of aliphatic hydroxyl groups excluding tert-OH is 1. The topological polar surface area (TPSA) is 110 Å². The Kier molecular flexibility index (Phi) is 6.94. The average molecular weight is 424 g/mol. The van der Waals surface area contributed by atoms with E-state index in [0.717, 1.165) is 5.56 Å². The van der Waals surface area contributed by atoms with Crippen molar-refractivity contribution in [2.24, 2.45) is 0 Å². The van der Waals surface area contributed by atoms with Gasteiger partial charge in [0.05, 0.1) is 20.5 Å². The molecule has 0 aliphatic carbocycles. The van der Waals surface area contributed by atoms with Gasteiger partial charge in [0.2, 0.25) is 0 Å². The maximum Gasteiger partial charge on any atom is 0.291 e. The van der Waals surface area contributed by atoms with Crippen LogP contribution in [0.15, 0.2) is 59.2 Å². The number of benzene rings is 2. The molecule has 0 aliphatic heterocycles. The van der Waals surface area contributed by atoms with Gasteiger partial charge in [0.25, 0.3) is 11.8 Å². The monoisotopic (exact) mass is 424 g/mol. The van der Waals surface area contributed by atoms with E-state index in [1.807, 2.05) is 6.92 Å². The van der Waals surface area contributed by atoms with Crippen LogP contribution in [0.2, 0.25) is 0 Å². The van der Waals surface area contributed by atoms with Crippen molar-refractivity contribution in [3.8, 4) is 11.5 Å². The first-order chi connectivity index (χ1) is 14.9. The summed E-state index contributed by atoms with van der Waals surface area (Å²) in [5.41, 5.74) is 2.12. The van der Waals surface area contributed by atoms with E-state index in [1.54, 1.807) is 48.5 Å². The van der Waals surface area contributed by atoms with Crippen LogP contribution in [-0.2, 0) is 0 Å². The summed E-state index contributed by atoms with van der Waals surface area (Å²) in [6, 6.07) is 13.2. The number of nitrogens with one attached hydrogen (secondary N) is 2. The lowest BCUT2D eigenvalue weighted by Gasteiger charge is -2.17. The number of hydrogen-bond donors (Lipinski definition) is 3. The zero-order chi connectivity index (χ0) is 22.4. The second-order valence-electron chi connectivity index (χ2n) is 6.79. The van der Waals surface area contributed by atoms with E-state index in [-0.39, 0.29) is 12.3 Å². The molecule has 3 rings (SSSR count). The molecule has 2 amide bonds. The van der Waals surface area contributed by atoms with Gasteiger partial charge in [-0.2, -0.15) is 0 Å². The van der Waals surface area contributed by atoms with E-state index in [0.29, 0.717) is 28.3 Å². The fraction of sp³-hybridized carbons (Fsp3) is 0.217. The van der Waals surface area contributed by atoms with Crippen molar-refractivity contribution in [2.45, 2.75) is 13.0 Å². The maximum atomic E-state index is 12.6. The summed E-state index contributed by atoms with van der Waals surface area (Å²) >= 11 is 0. The third-order valence-corrected chi connectivity index (χ3v) is 4.74. The summed E-state index contributed by atoms with van der Waals surface area (Å²) in [5, 5.41) is 16.0. The molecular formula is C23H24N2O6. The molecule has 0 saturated heterocycles. The molecule has 8 nitrogen and oxygen atoms in total. The largest absolute Gasteiger partial charge is 0.497 e. The smallest absolute Gasteiger partial charge is 0.291 e. The highest BCUT2D eigenvalue weighted by molar-refractivity contribution is 6.03. The SMILES string of the molecule is COc1ccc(OC)c(C(O)CNC(=O)c2ccc(C)c(NC(=O)c3ccco3)c2)c1. The number of carbonyl (C=O) groups excluding carboxylic acids is 2. The minimum atomic E-state index is -1.00. The van der Waals surface area contributed by atoms with Gasteiger partial charge in [-0.1, -0.05) is 6.07 Å². The van der Waals surface area contributed by atoms with E-state index in [9.17, 15) is 14.7 Å². The minimum absolute atomic E-state index is 0.0374. The number of amides is 2. The predicted molar refractivity (Wildman–Crippen MR) is 115 cm³/mol. The van der Waals surface area contributed by atoms with Crippen LogP contribution in [0.5, 0.6) is 11.5 Å². The van der Waals surface area contributed by atoms with Crippen molar-refractivity contribution in [1.29, 1.82) is 0 Å². The molecule has 3 aromatic rings. The van der Waals surface area contributed by atoms with Gasteiger partial charge < -0.3 is 29.6 Å². The lowest BCUT2D eigenvalue weighted by molar-refractivity contribution is 0.0913. The fourth-order valence-electron chi connectivity index (χ4n) is 2.99. The standard InChI is InChI=1S/C23H24N2O6/c1-14-6-7-15(11-18(14)25-23(28)21-5-4-10-31-21)22(27)24-13-19(26)17-12-16(29-2)8-9-20(17)30-3/h4-12,19,26H,13H2,1-3H3,(H,24,27)(H,25,28). The molecule has 0 bridgehead atoms. The number of hydrogen-bond acceptors (Lipinski definition) is 6. The van der Waals surface area contributed by atoms with Gasteiger partial charge >= 0.3 is 0 Å². The zero-order valence-corrected chi connectivity index (χ0v) is 17.5. The first kappa shape index (κ1) is 21.9. The Balaban J connectivity index is 1.69. The van der Waals surface area contributed by atoms with E-state index in [2.05, 4.69) is 10.6 Å². The number of aryl methyl sites for hydroxylation is 1. The van der Waals surface area contributed by atoms with E-state index in [4.69, 9.17) is 13.9 Å². The van der Waals surface area contributed by atoms with Crippen LogP contribution >= 0.6 is 0 Å². The lowest BCUT2D eigenvalue weighted by atomic mass is 10.1. The fourth-order valence-corrected chi connectivity index (χ4v) is 2.99. The van der Waals surface area contributed by atoms with Crippen molar-refractivity contribution in [2.75, 3.05) is 26.1 Å². The molecule has 1 atom stereocenters. The number of anilines is 1. The molecule has 0 fully saturated rings. The van der Waals surface area contributed by atoms with Crippen molar-refractivity contribution in [1.82, 2.24) is 5.32 Å². The number of carbonyl (C=O) groups is 2. The summed E-state index contributed by atoms with van der Waals surface area (Å²) in [7, 11) is 3.03. The van der Waals surface area contributed by atoms with Crippen molar-refractivity contribution >= 4 is 17.5 Å². The molecule has 0 spiro atoms. The first-order valence-corrected chi connectivity index (χ1v) is 9.56. The molecule has 0 saturated carbocycles. The second kappa shape index (κ2) is 9.82. The van der Waals surface area contributed by atoms with Crippen LogP contribution in [0.1, 0.15) is 38.1 Å². The van der Waals surface area contributed by atoms with E-state index >= 15 is 0 Å². The molecular weight excluding hydrogens is 400 g/mol. The molecule has 0 radical (unpaired) electrons. The Morgan fingerprint density at radius 2 is 1.87 bits per heavy atom. The van der Waals surface area contributed by atoms with Crippen molar-refractivity contribution in [3.05, 3.63) is 77.2 Å². The molecule has 1 aromatic heterocycles. The van der Waals surface area contributed by atoms with Gasteiger partial charge in [-0.3, -0.25) is 9.59 Å². The Hall–Kier alpha value is -3.78. The van der Waals surface area contributed by atoms with Crippen LogP contribution in [0.25, 0.3) is 0 Å². The highest BCUT2D eigenvalue weighted by Gasteiger charge is 2.17. The van der Waals surface area contributed by atoms with E-state index in [1.165, 1.54) is 20.5 Å². The van der Waals surface area contributed by atoms with Gasteiger partial charge in [-0.25, -0.2) is 0 Å². The predicted octanol–water partition coefficient (Wildman–Crippen LogP) is 3.32. The Labute approximate surface area is 179 Å². The van der Waals surface area contributed by atoms with Crippen molar-refractivity contribution < 1.29 is 28.6 Å². The molecule has 31 heavy (non-hydrogen) atoms. The van der Waals surface area contributed by atoms with Gasteiger partial charge in [-0.05, 0) is 55.0 Å². The Bertz CT molecular complexity index is 1060. The summed E-state index contributed by atoms with van der Waals surface area (Å²) < 4.78 is 15.6. The highest BCUT2D eigenvalue weighted by atomic mass is 16.5. The second-order valence-corrected chi connectivity index (χ2v) is 6.79. The van der Waals surface area contributed by atoms with Gasteiger partial charge in [0.1, 0.15) is 17.6 Å². The molecule has 8 heteroatoms. The molecule has 2 aromatic carbocycles. The van der Waals surface area contributed by atoms with Crippen LogP contribution in [0.3, 0.4) is 0 Å². The Morgan fingerprint density at radius 3 is 2.55 bits per heavy atom. The summed E-state index contributed by atoms with van der Waals surface area (Å²) in [5.74, 6) is 0.419. The number of ether oxygens (including phenoxy) is 2. The quantitative estimate of drug-likeness (QED) is 0.512. The van der Waals surface area contributed by atoms with E-state index < -0.39 is 17.9 Å². The lowest BCUT2D eigenvalue weighted by Crippen LogP contribution is -2.28. The zero-order valence-electron chi connectivity index (χ0n) is 17.5. The van der Waals surface area contributed by atoms with Gasteiger partial charge in [0.15, 0.2) is 5.76 Å². The third-order valence-electron chi connectivity index (χ3n) is 4.74. The number of rotatable bonds is 8. The minimum Gasteiger partial charge on any atom is -0.497 e. The van der Waals surface area contributed by atoms with Crippen LogP contribution in [0.4, 0.5) is 5.69 Å². The molecule has 3 N–H and O–H groups in total.